The third-order valence-corrected chi connectivity index (χ3v) is 14.7. The van der Waals surface area contributed by atoms with E-state index < -0.39 is 27.6 Å². The summed E-state index contributed by atoms with van der Waals surface area (Å²) in [6.07, 6.45) is 9.76. The van der Waals surface area contributed by atoms with Crippen LogP contribution in [0.15, 0.2) is 67.6 Å². The molecule has 53 heavy (non-hydrogen) atoms. The van der Waals surface area contributed by atoms with E-state index in [0.717, 1.165) is 45.7 Å². The number of thioether (sulfide) groups is 1. The average Bonchev–Trinajstić information content (AvgIpc) is 3.92. The summed E-state index contributed by atoms with van der Waals surface area (Å²) >= 11 is 5.58. The van der Waals surface area contributed by atoms with Crippen molar-refractivity contribution in [2.45, 2.75) is 112 Å². The Hall–Kier alpha value is -3.20. The number of hydrogen-bond donors (Lipinski definition) is 3. The van der Waals surface area contributed by atoms with Crippen molar-refractivity contribution in [3.8, 4) is 11.5 Å². The lowest BCUT2D eigenvalue weighted by molar-refractivity contribution is 0.0776. The number of furan rings is 1. The minimum Gasteiger partial charge on any atom is -0.492 e. The van der Waals surface area contributed by atoms with Gasteiger partial charge in [-0.25, -0.2) is 9.63 Å². The predicted molar refractivity (Wildman–Crippen MR) is 209 cm³/mol. The maximum absolute atomic E-state index is 13.6. The summed E-state index contributed by atoms with van der Waals surface area (Å²) in [5.74, 6) is 3.48. The molecular formula is C39H49BrN4O7S2. The molecule has 4 aliphatic rings. The second-order valence-corrected chi connectivity index (χ2v) is 18.4. The standard InChI is InChI=1S/C39H49BrN4O7S2/c1-3-41-38(46)44-22-27-18-32(50-17-6-10-26-8-4-5-9-26)36(40)37-35(27)39(21-29(44)23-45)33(51-37)19-28(20-34(39)52-24-30-11-7-16-49-30)42-43-53(47,48)31-14-12-25(2)13-15-31/h7,11-16,18,26,29,33-34,43,45H,3-6,8-10,17,19-24H2,1-2H3,(H,41,46)/b42-28+/t29-,33+,34+,39?/m0/s1. The Morgan fingerprint density at radius 3 is 2.70 bits per heavy atom. The number of amides is 2. The Labute approximate surface area is 324 Å². The molecule has 286 valence electrons. The number of nitrogens with one attached hydrogen (secondary N) is 2. The van der Waals surface area contributed by atoms with Crippen molar-refractivity contribution in [2.75, 3.05) is 19.8 Å². The van der Waals surface area contributed by atoms with Gasteiger partial charge >= 0.3 is 6.03 Å². The van der Waals surface area contributed by atoms with E-state index in [1.807, 2.05) is 32.0 Å². The van der Waals surface area contributed by atoms with E-state index in [1.165, 1.54) is 25.7 Å². The summed E-state index contributed by atoms with van der Waals surface area (Å²) in [4.78, 5) is 18.0. The largest absolute Gasteiger partial charge is 0.492 e. The molecule has 7 rings (SSSR count). The number of rotatable bonds is 13. The molecule has 2 fully saturated rings. The number of carbonyl (C=O) groups excluding carboxylic acids is 1. The molecular weight excluding hydrogens is 780 g/mol. The quantitative estimate of drug-likeness (QED) is 0.119. The normalized spacial score (nSPS) is 24.7. The second kappa shape index (κ2) is 16.3. The minimum absolute atomic E-state index is 0.136. The van der Waals surface area contributed by atoms with Gasteiger partial charge in [-0.05, 0) is 90.9 Å². The summed E-state index contributed by atoms with van der Waals surface area (Å²) in [7, 11) is -3.91. The van der Waals surface area contributed by atoms with Gasteiger partial charge in [-0.1, -0.05) is 43.4 Å². The lowest BCUT2D eigenvalue weighted by atomic mass is 9.64. The number of hydrogen-bond acceptors (Lipinski definition) is 9. The van der Waals surface area contributed by atoms with E-state index in [1.54, 1.807) is 47.2 Å². The van der Waals surface area contributed by atoms with Crippen molar-refractivity contribution >= 4 is 49.5 Å². The van der Waals surface area contributed by atoms with Crippen molar-refractivity contribution in [1.82, 2.24) is 15.0 Å². The first-order valence-electron chi connectivity index (χ1n) is 18.7. The Kier molecular flexibility index (Phi) is 11.7. The average molecular weight is 830 g/mol. The molecule has 2 aliphatic carbocycles. The highest BCUT2D eigenvalue weighted by Crippen LogP contribution is 2.61. The first kappa shape index (κ1) is 38.1. The van der Waals surface area contributed by atoms with Crippen molar-refractivity contribution in [1.29, 1.82) is 0 Å². The van der Waals surface area contributed by atoms with Crippen LogP contribution in [0.3, 0.4) is 0 Å². The smallest absolute Gasteiger partial charge is 0.318 e. The van der Waals surface area contributed by atoms with E-state index in [2.05, 4.69) is 31.2 Å². The minimum atomic E-state index is -3.91. The zero-order valence-electron chi connectivity index (χ0n) is 30.3. The van der Waals surface area contributed by atoms with Crippen molar-refractivity contribution in [3.05, 3.63) is 75.7 Å². The van der Waals surface area contributed by atoms with Gasteiger partial charge in [-0.15, -0.1) is 11.8 Å². The highest BCUT2D eigenvalue weighted by atomic mass is 79.9. The van der Waals surface area contributed by atoms with Crippen LogP contribution in [0.5, 0.6) is 11.5 Å². The zero-order chi connectivity index (χ0) is 37.2. The van der Waals surface area contributed by atoms with Gasteiger partial charge in [0.1, 0.15) is 27.8 Å². The van der Waals surface area contributed by atoms with Crippen LogP contribution in [0.4, 0.5) is 4.79 Å². The molecule has 1 spiro atoms. The highest BCUT2D eigenvalue weighted by molar-refractivity contribution is 9.10. The van der Waals surface area contributed by atoms with Gasteiger partial charge in [0.2, 0.25) is 0 Å². The molecule has 2 aliphatic heterocycles. The van der Waals surface area contributed by atoms with E-state index in [9.17, 15) is 18.3 Å². The molecule has 1 unspecified atom stereocenters. The molecule has 3 N–H and O–H groups in total. The fourth-order valence-corrected chi connectivity index (χ4v) is 11.5. The molecule has 4 atom stereocenters. The molecule has 2 amide bonds. The lowest BCUT2D eigenvalue weighted by Crippen LogP contribution is -2.56. The zero-order valence-corrected chi connectivity index (χ0v) is 33.5. The van der Waals surface area contributed by atoms with Gasteiger partial charge in [0, 0.05) is 42.5 Å². The van der Waals surface area contributed by atoms with Crippen LogP contribution in [-0.2, 0) is 27.7 Å². The van der Waals surface area contributed by atoms with E-state index in [-0.39, 0.29) is 29.3 Å². The molecule has 2 aromatic carbocycles. The number of hydrazone groups is 1. The van der Waals surface area contributed by atoms with Crippen molar-refractivity contribution in [2.24, 2.45) is 11.0 Å². The molecule has 0 bridgehead atoms. The number of aliphatic hydroxyl groups excluding tert-OH is 1. The Morgan fingerprint density at radius 2 is 1.98 bits per heavy atom. The van der Waals surface area contributed by atoms with Gasteiger partial charge < -0.3 is 29.2 Å². The lowest BCUT2D eigenvalue weighted by Gasteiger charge is -2.46. The molecule has 1 aromatic heterocycles. The number of urea groups is 1. The number of halogens is 1. The summed E-state index contributed by atoms with van der Waals surface area (Å²) < 4.78 is 46.6. The maximum atomic E-state index is 13.6. The molecule has 14 heteroatoms. The van der Waals surface area contributed by atoms with Crippen LogP contribution in [0.1, 0.15) is 87.2 Å². The second-order valence-electron chi connectivity index (χ2n) is 14.7. The molecule has 2 saturated carbocycles. The van der Waals surface area contributed by atoms with Crippen LogP contribution in [0.25, 0.3) is 0 Å². The van der Waals surface area contributed by atoms with E-state index in [0.29, 0.717) is 55.4 Å². The van der Waals surface area contributed by atoms with Gasteiger partial charge in [0.25, 0.3) is 10.0 Å². The Balaban J connectivity index is 1.27. The van der Waals surface area contributed by atoms with Gasteiger partial charge in [0.15, 0.2) is 0 Å². The highest BCUT2D eigenvalue weighted by Gasteiger charge is 2.61. The first-order valence-corrected chi connectivity index (χ1v) is 22.0. The predicted octanol–water partition coefficient (Wildman–Crippen LogP) is 7.42. The van der Waals surface area contributed by atoms with Crippen LogP contribution in [-0.4, -0.2) is 67.3 Å². The van der Waals surface area contributed by atoms with Crippen LogP contribution in [0.2, 0.25) is 0 Å². The molecule has 3 aromatic rings. The number of ether oxygens (including phenoxy) is 2. The van der Waals surface area contributed by atoms with Crippen molar-refractivity contribution < 1.29 is 32.2 Å². The van der Waals surface area contributed by atoms with Crippen molar-refractivity contribution in [3.63, 3.8) is 0 Å². The third-order valence-electron chi connectivity index (χ3n) is 11.3. The third kappa shape index (κ3) is 7.83. The first-order chi connectivity index (χ1) is 25.6. The van der Waals surface area contributed by atoms with Gasteiger partial charge in [-0.2, -0.15) is 13.5 Å². The SMILES string of the molecule is CCNC(=O)N1Cc2cc(OCCCC3CCCC3)c(Br)c3c2C2(C[C@H]1CO)[C@@H](C/C(=N\NS(=O)(=O)c1ccc(C)cc1)C[C@H]2SCc1ccco1)O3. The van der Waals surface area contributed by atoms with E-state index >= 15 is 0 Å². The van der Waals surface area contributed by atoms with Crippen LogP contribution >= 0.6 is 27.7 Å². The molecule has 11 nitrogen and oxygen atoms in total. The molecule has 3 heterocycles. The van der Waals surface area contributed by atoms with Gasteiger partial charge in [-0.3, -0.25) is 0 Å². The number of benzene rings is 2. The summed E-state index contributed by atoms with van der Waals surface area (Å²) in [6, 6.07) is 11.8. The summed E-state index contributed by atoms with van der Waals surface area (Å²) in [5.41, 5.74) is 2.89. The number of sulfonamides is 1. The molecule has 0 radical (unpaired) electrons. The number of carbonyl (C=O) groups is 1. The fourth-order valence-electron chi connectivity index (χ4n) is 8.66. The topological polar surface area (TPSA) is 143 Å². The number of aliphatic hydroxyl groups is 1. The monoisotopic (exact) mass is 828 g/mol. The maximum Gasteiger partial charge on any atom is 0.318 e. The van der Waals surface area contributed by atoms with Crippen LogP contribution in [0, 0.1) is 12.8 Å². The number of nitrogens with zero attached hydrogens (tertiary/aromatic N) is 2. The Bertz CT molecular complexity index is 1900. The van der Waals surface area contributed by atoms with E-state index in [4.69, 9.17) is 13.9 Å². The van der Waals surface area contributed by atoms with Crippen LogP contribution < -0.4 is 19.6 Å². The summed E-state index contributed by atoms with van der Waals surface area (Å²) in [6.45, 7) is 4.86. The van der Waals surface area contributed by atoms with Gasteiger partial charge in [0.05, 0.1) is 41.6 Å². The molecule has 0 saturated heterocycles. The number of aryl methyl sites for hydroxylation is 1. The summed E-state index contributed by atoms with van der Waals surface area (Å²) in [5, 5.41) is 18.3. The Morgan fingerprint density at radius 1 is 1.19 bits per heavy atom. The fraction of sp³-hybridized carbons (Fsp3) is 0.538.